The predicted molar refractivity (Wildman–Crippen MR) is 90.9 cm³/mol. The Kier molecular flexibility index (Phi) is 6.37. The zero-order valence-electron chi connectivity index (χ0n) is 14.5. The van der Waals surface area contributed by atoms with Gasteiger partial charge in [0.2, 0.25) is 21.8 Å². The number of ether oxygens (including phenoxy) is 1. The van der Waals surface area contributed by atoms with E-state index in [2.05, 4.69) is 5.32 Å². The van der Waals surface area contributed by atoms with E-state index in [1.54, 1.807) is 0 Å². The van der Waals surface area contributed by atoms with Crippen LogP contribution in [0.4, 0.5) is 4.39 Å². The normalized spacial score (nSPS) is 18.0. The smallest absolute Gasteiger partial charge is 0.304 e. The Morgan fingerprint density at radius 2 is 2.11 bits per heavy atom. The van der Waals surface area contributed by atoms with Crippen LogP contribution in [0.25, 0.3) is 0 Å². The quantitative estimate of drug-likeness (QED) is 0.643. The third kappa shape index (κ3) is 5.16. The van der Waals surface area contributed by atoms with Gasteiger partial charge in [-0.1, -0.05) is 0 Å². The minimum atomic E-state index is -4.30. The first-order chi connectivity index (χ1) is 12.6. The van der Waals surface area contributed by atoms with Crippen molar-refractivity contribution in [1.82, 2.24) is 9.62 Å². The molecular formula is C16H19FN2O7S. The number of carboxylic acids is 1. The Bertz CT molecular complexity index is 856. The molecule has 0 spiro atoms. The van der Waals surface area contributed by atoms with E-state index in [9.17, 15) is 27.2 Å². The minimum absolute atomic E-state index is 0.0645. The van der Waals surface area contributed by atoms with Crippen molar-refractivity contribution in [3.8, 4) is 5.75 Å². The lowest BCUT2D eigenvalue weighted by Gasteiger charge is -2.23. The maximum absolute atomic E-state index is 13.5. The molecule has 148 valence electrons. The second-order valence-electron chi connectivity index (χ2n) is 5.97. The van der Waals surface area contributed by atoms with Crippen LogP contribution >= 0.6 is 0 Å². The van der Waals surface area contributed by atoms with Crippen molar-refractivity contribution in [2.24, 2.45) is 5.92 Å². The molecule has 0 saturated carbocycles. The number of carbonyl (C=O) groups is 3. The van der Waals surface area contributed by atoms with Crippen LogP contribution in [0.15, 0.2) is 18.2 Å². The van der Waals surface area contributed by atoms with E-state index >= 15 is 0 Å². The first kappa shape index (κ1) is 20.6. The summed E-state index contributed by atoms with van der Waals surface area (Å²) in [5.74, 6) is -4.90. The summed E-state index contributed by atoms with van der Waals surface area (Å²) in [6.45, 7) is -0.861. The lowest BCUT2D eigenvalue weighted by molar-refractivity contribution is -0.136. The van der Waals surface area contributed by atoms with Crippen molar-refractivity contribution >= 4 is 27.8 Å². The Labute approximate surface area is 155 Å². The molecule has 1 unspecified atom stereocenters. The van der Waals surface area contributed by atoms with Gasteiger partial charge >= 0.3 is 5.97 Å². The number of halogens is 1. The molecule has 0 aliphatic carbocycles. The number of nitrogens with one attached hydrogen (secondary N) is 1. The van der Waals surface area contributed by atoms with E-state index in [0.29, 0.717) is 15.6 Å². The largest absolute Gasteiger partial charge is 0.496 e. The average molecular weight is 402 g/mol. The second-order valence-corrected chi connectivity index (χ2v) is 7.98. The molecule has 1 fully saturated rings. The van der Waals surface area contributed by atoms with E-state index in [4.69, 9.17) is 9.84 Å². The molecule has 1 saturated heterocycles. The fraction of sp³-hybridized carbons (Fsp3) is 0.438. The van der Waals surface area contributed by atoms with Gasteiger partial charge in [0.15, 0.2) is 0 Å². The van der Waals surface area contributed by atoms with E-state index in [1.807, 2.05) is 0 Å². The molecule has 11 heteroatoms. The van der Waals surface area contributed by atoms with E-state index in [-0.39, 0.29) is 13.0 Å². The van der Waals surface area contributed by atoms with Crippen molar-refractivity contribution in [2.75, 3.05) is 26.0 Å². The van der Waals surface area contributed by atoms with Gasteiger partial charge in [0.25, 0.3) is 0 Å². The Morgan fingerprint density at radius 1 is 1.41 bits per heavy atom. The maximum Gasteiger partial charge on any atom is 0.304 e. The van der Waals surface area contributed by atoms with Crippen LogP contribution in [0.5, 0.6) is 5.75 Å². The van der Waals surface area contributed by atoms with Crippen LogP contribution in [-0.2, 0) is 30.8 Å². The fourth-order valence-electron chi connectivity index (χ4n) is 2.69. The number of hydrogen-bond acceptors (Lipinski definition) is 6. The molecule has 0 aromatic heterocycles. The zero-order valence-corrected chi connectivity index (χ0v) is 15.3. The van der Waals surface area contributed by atoms with Gasteiger partial charge < -0.3 is 15.2 Å². The van der Waals surface area contributed by atoms with E-state index in [1.165, 1.54) is 25.3 Å². The molecule has 1 atom stereocenters. The summed E-state index contributed by atoms with van der Waals surface area (Å²) in [5.41, 5.74) is 0.342. The summed E-state index contributed by atoms with van der Waals surface area (Å²) in [7, 11) is -2.92. The van der Waals surface area contributed by atoms with Gasteiger partial charge in [-0.05, 0) is 30.2 Å². The standard InChI is InChI=1S/C16H19FN2O7S/c1-26-13-3-2-12(17)7-10(13)6-11-8-18-14(20)9-19(16(11)23)27(24,25)5-4-15(21)22/h2-3,7,11H,4-6,8-9H2,1H3,(H,18,20)(H,21,22). The number of sulfonamides is 1. The van der Waals surface area contributed by atoms with Crippen molar-refractivity contribution < 1.29 is 37.0 Å². The minimum Gasteiger partial charge on any atom is -0.496 e. The topological polar surface area (TPSA) is 130 Å². The summed E-state index contributed by atoms with van der Waals surface area (Å²) in [5, 5.41) is 11.1. The molecule has 9 nitrogen and oxygen atoms in total. The van der Waals surface area contributed by atoms with Gasteiger partial charge in [0, 0.05) is 6.54 Å². The summed E-state index contributed by atoms with van der Waals surface area (Å²) in [6, 6.07) is 3.73. The second kappa shape index (κ2) is 8.33. The van der Waals surface area contributed by atoms with Gasteiger partial charge in [-0.15, -0.1) is 0 Å². The number of carboxylic acid groups (broad SMARTS) is 1. The van der Waals surface area contributed by atoms with Crippen molar-refractivity contribution in [3.63, 3.8) is 0 Å². The molecule has 1 aromatic carbocycles. The molecule has 1 heterocycles. The Balaban J connectivity index is 2.30. The van der Waals surface area contributed by atoms with Crippen LogP contribution < -0.4 is 10.1 Å². The summed E-state index contributed by atoms with van der Waals surface area (Å²) in [4.78, 5) is 35.2. The van der Waals surface area contributed by atoms with Crippen LogP contribution in [0.1, 0.15) is 12.0 Å². The lowest BCUT2D eigenvalue weighted by Crippen LogP contribution is -2.44. The Morgan fingerprint density at radius 3 is 2.74 bits per heavy atom. The van der Waals surface area contributed by atoms with E-state index < -0.39 is 58.3 Å². The van der Waals surface area contributed by atoms with Crippen molar-refractivity contribution in [1.29, 1.82) is 0 Å². The van der Waals surface area contributed by atoms with E-state index in [0.717, 1.165) is 0 Å². The SMILES string of the molecule is COc1ccc(F)cc1CC1CNC(=O)CN(S(=O)(=O)CCC(=O)O)C1=O. The van der Waals surface area contributed by atoms with Gasteiger partial charge in [0.1, 0.15) is 18.1 Å². The number of methoxy groups -OCH3 is 1. The number of rotatable bonds is 7. The van der Waals surface area contributed by atoms with Crippen LogP contribution in [0, 0.1) is 11.7 Å². The first-order valence-electron chi connectivity index (χ1n) is 7.99. The first-order valence-corrected chi connectivity index (χ1v) is 9.60. The number of carbonyl (C=O) groups excluding carboxylic acids is 2. The fourth-order valence-corrected chi connectivity index (χ4v) is 4.08. The highest BCUT2D eigenvalue weighted by molar-refractivity contribution is 7.89. The molecule has 1 aliphatic rings. The number of aliphatic carboxylic acids is 1. The number of benzene rings is 1. The molecule has 1 aromatic rings. The van der Waals surface area contributed by atoms with Crippen LogP contribution in [0.3, 0.4) is 0 Å². The van der Waals surface area contributed by atoms with Gasteiger partial charge in [-0.3, -0.25) is 14.4 Å². The molecule has 0 bridgehead atoms. The molecule has 0 radical (unpaired) electrons. The summed E-state index contributed by atoms with van der Waals surface area (Å²) < 4.78 is 43.8. The number of hydrogen-bond donors (Lipinski definition) is 2. The molecule has 1 aliphatic heterocycles. The zero-order chi connectivity index (χ0) is 20.2. The molecule has 27 heavy (non-hydrogen) atoms. The monoisotopic (exact) mass is 402 g/mol. The summed E-state index contributed by atoms with van der Waals surface area (Å²) >= 11 is 0. The maximum atomic E-state index is 13.5. The van der Waals surface area contributed by atoms with Crippen LogP contribution in [-0.4, -0.2) is 61.6 Å². The van der Waals surface area contributed by atoms with Gasteiger partial charge in [0.05, 0.1) is 25.2 Å². The highest BCUT2D eigenvalue weighted by Crippen LogP contribution is 2.24. The third-order valence-corrected chi connectivity index (χ3v) is 5.75. The molecule has 2 amide bonds. The van der Waals surface area contributed by atoms with Gasteiger partial charge in [-0.2, -0.15) is 0 Å². The lowest BCUT2D eigenvalue weighted by atomic mass is 9.97. The Hall–Kier alpha value is -2.69. The number of amides is 2. The third-order valence-electron chi connectivity index (χ3n) is 4.05. The number of nitrogens with zero attached hydrogens (tertiary/aromatic N) is 1. The average Bonchev–Trinajstić information content (AvgIpc) is 2.74. The van der Waals surface area contributed by atoms with Crippen LogP contribution in [0.2, 0.25) is 0 Å². The molecule has 2 rings (SSSR count). The highest BCUT2D eigenvalue weighted by atomic mass is 32.2. The molecule has 2 N–H and O–H groups in total. The predicted octanol–water partition coefficient (Wildman–Crippen LogP) is -0.244. The van der Waals surface area contributed by atoms with Gasteiger partial charge in [-0.25, -0.2) is 17.1 Å². The highest BCUT2D eigenvalue weighted by Gasteiger charge is 2.37. The van der Waals surface area contributed by atoms with Crippen molar-refractivity contribution in [2.45, 2.75) is 12.8 Å². The summed E-state index contributed by atoms with van der Waals surface area (Å²) in [6.07, 6.45) is -0.763. The van der Waals surface area contributed by atoms with Crippen molar-refractivity contribution in [3.05, 3.63) is 29.6 Å². The molecular weight excluding hydrogens is 383 g/mol.